The fraction of sp³-hybridized carbons (Fsp3) is 0.200. The maximum Gasteiger partial charge on any atom is 0.141 e. The largest absolute Gasteiger partial charge is 0.456 e. The highest BCUT2D eigenvalue weighted by Crippen LogP contribution is 2.32. The van der Waals surface area contributed by atoms with E-state index in [-0.39, 0.29) is 0 Å². The van der Waals surface area contributed by atoms with Crippen molar-refractivity contribution in [2.24, 2.45) is 0 Å². The molecule has 0 aliphatic rings. The Hall–Kier alpha value is -1.000. The third-order valence-corrected chi connectivity index (χ3v) is 3.98. The monoisotopic (exact) mass is 383 g/mol. The zero-order valence-electron chi connectivity index (χ0n) is 10.9. The molecule has 0 heterocycles. The normalized spacial score (nSPS) is 10.3. The molecule has 2 nitrogen and oxygen atoms in total. The molecule has 2 aromatic rings. The molecule has 0 atom stereocenters. The smallest absolute Gasteiger partial charge is 0.141 e. The lowest BCUT2D eigenvalue weighted by Crippen LogP contribution is -2.08. The highest BCUT2D eigenvalue weighted by molar-refractivity contribution is 9.10. The molecule has 0 aliphatic carbocycles. The Morgan fingerprint density at radius 1 is 1.11 bits per heavy atom. The maximum absolute atomic E-state index is 5.91. The van der Waals surface area contributed by atoms with Crippen molar-refractivity contribution < 1.29 is 4.74 Å². The van der Waals surface area contributed by atoms with Gasteiger partial charge in [0.25, 0.3) is 0 Å². The molecule has 0 bridgehead atoms. The van der Waals surface area contributed by atoms with Crippen molar-refractivity contribution >= 4 is 37.5 Å². The van der Waals surface area contributed by atoms with Crippen LogP contribution in [0, 0.1) is 0 Å². The van der Waals surface area contributed by atoms with E-state index >= 15 is 0 Å². The Morgan fingerprint density at radius 3 is 2.53 bits per heavy atom. The Morgan fingerprint density at radius 2 is 1.89 bits per heavy atom. The predicted octanol–water partition coefficient (Wildman–Crippen LogP) is 5.20. The Labute approximate surface area is 130 Å². The summed E-state index contributed by atoms with van der Waals surface area (Å²) in [4.78, 5) is 2.05. The van der Waals surface area contributed by atoms with Crippen LogP contribution in [-0.4, -0.2) is 14.1 Å². The molecule has 0 radical (unpaired) electrons. The van der Waals surface area contributed by atoms with Crippen LogP contribution in [0.15, 0.2) is 46.9 Å². The van der Waals surface area contributed by atoms with Crippen molar-refractivity contribution in [1.82, 2.24) is 0 Å². The fourth-order valence-corrected chi connectivity index (χ4v) is 2.52. The summed E-state index contributed by atoms with van der Waals surface area (Å²) < 4.78 is 6.87. The van der Waals surface area contributed by atoms with E-state index in [0.29, 0.717) is 0 Å². The number of alkyl halides is 1. The minimum Gasteiger partial charge on any atom is -0.456 e. The van der Waals surface area contributed by atoms with Crippen molar-refractivity contribution in [2.75, 3.05) is 19.0 Å². The average Bonchev–Trinajstić information content (AvgIpc) is 2.41. The van der Waals surface area contributed by atoms with Crippen LogP contribution in [0.5, 0.6) is 11.5 Å². The second-order valence-corrected chi connectivity index (χ2v) is 5.81. The van der Waals surface area contributed by atoms with Crippen LogP contribution in [0.1, 0.15) is 5.56 Å². The van der Waals surface area contributed by atoms with Gasteiger partial charge < -0.3 is 9.64 Å². The van der Waals surface area contributed by atoms with Gasteiger partial charge in [0.1, 0.15) is 11.5 Å². The second kappa shape index (κ2) is 6.44. The molecule has 19 heavy (non-hydrogen) atoms. The summed E-state index contributed by atoms with van der Waals surface area (Å²) in [5.41, 5.74) is 2.33. The average molecular weight is 385 g/mol. The lowest BCUT2D eigenvalue weighted by molar-refractivity contribution is 0.479. The van der Waals surface area contributed by atoms with Gasteiger partial charge in [-0.3, -0.25) is 0 Å². The van der Waals surface area contributed by atoms with E-state index in [1.54, 1.807) is 0 Å². The number of rotatable bonds is 4. The molecule has 0 aromatic heterocycles. The van der Waals surface area contributed by atoms with Crippen molar-refractivity contribution in [1.29, 1.82) is 0 Å². The molecule has 4 heteroatoms. The fourth-order valence-electron chi connectivity index (χ4n) is 1.66. The Kier molecular flexibility index (Phi) is 4.88. The summed E-state index contributed by atoms with van der Waals surface area (Å²) in [5, 5.41) is 0.835. The second-order valence-electron chi connectivity index (χ2n) is 4.39. The lowest BCUT2D eigenvalue weighted by atomic mass is 10.2. The van der Waals surface area contributed by atoms with E-state index in [9.17, 15) is 0 Å². The summed E-state index contributed by atoms with van der Waals surface area (Å²) in [5.74, 6) is 1.65. The third kappa shape index (κ3) is 3.74. The number of hydrogen-bond donors (Lipinski definition) is 0. The molecule has 0 unspecified atom stereocenters. The first-order chi connectivity index (χ1) is 9.10. The van der Waals surface area contributed by atoms with Gasteiger partial charge in [-0.15, -0.1) is 0 Å². The maximum atomic E-state index is 5.91. The van der Waals surface area contributed by atoms with Gasteiger partial charge in [0.05, 0.1) is 4.47 Å². The minimum atomic E-state index is 0.820. The molecular formula is C15H15Br2NO. The molecule has 0 aliphatic heterocycles. The zero-order valence-corrected chi connectivity index (χ0v) is 14.0. The first kappa shape index (κ1) is 14.4. The van der Waals surface area contributed by atoms with Crippen molar-refractivity contribution in [3.8, 4) is 11.5 Å². The minimum absolute atomic E-state index is 0.820. The first-order valence-electron chi connectivity index (χ1n) is 5.90. The van der Waals surface area contributed by atoms with E-state index < -0.39 is 0 Å². The van der Waals surface area contributed by atoms with Gasteiger partial charge in [-0.1, -0.05) is 28.1 Å². The molecule has 100 valence electrons. The van der Waals surface area contributed by atoms with E-state index in [4.69, 9.17) is 4.74 Å². The van der Waals surface area contributed by atoms with E-state index in [2.05, 4.69) is 48.9 Å². The summed E-state index contributed by atoms with van der Waals surface area (Å²) >= 11 is 6.98. The van der Waals surface area contributed by atoms with Crippen molar-refractivity contribution in [3.05, 3.63) is 52.5 Å². The number of benzene rings is 2. The SMILES string of the molecule is CN(C)c1cccc(Oc2ccc(CBr)cc2Br)c1. The molecule has 2 aromatic carbocycles. The number of halogens is 2. The van der Waals surface area contributed by atoms with E-state index in [1.165, 1.54) is 5.56 Å². The Bertz CT molecular complexity index is 570. The quantitative estimate of drug-likeness (QED) is 0.671. The van der Waals surface area contributed by atoms with Crippen LogP contribution < -0.4 is 9.64 Å². The molecule has 2 rings (SSSR count). The number of anilines is 1. The molecule has 0 fully saturated rings. The van der Waals surface area contributed by atoms with Crippen LogP contribution >= 0.6 is 31.9 Å². The predicted molar refractivity (Wildman–Crippen MR) is 87.6 cm³/mol. The standard InChI is InChI=1S/C15H15Br2NO/c1-18(2)12-4-3-5-13(9-12)19-15-7-6-11(10-16)8-14(15)17/h3-9H,10H2,1-2H3. The summed E-state index contributed by atoms with van der Waals surface area (Å²) in [6.45, 7) is 0. The van der Waals surface area contributed by atoms with Crippen LogP contribution in [0.4, 0.5) is 5.69 Å². The van der Waals surface area contributed by atoms with Gasteiger partial charge in [-0.25, -0.2) is 0 Å². The van der Waals surface area contributed by atoms with Gasteiger partial charge in [-0.05, 0) is 45.8 Å². The van der Waals surface area contributed by atoms with Crippen molar-refractivity contribution in [2.45, 2.75) is 5.33 Å². The lowest BCUT2D eigenvalue weighted by Gasteiger charge is -2.14. The zero-order chi connectivity index (χ0) is 13.8. The molecule has 0 saturated heterocycles. The van der Waals surface area contributed by atoms with E-state index in [0.717, 1.165) is 27.0 Å². The van der Waals surface area contributed by atoms with Crippen LogP contribution in [-0.2, 0) is 5.33 Å². The van der Waals surface area contributed by atoms with Gasteiger partial charge in [0.2, 0.25) is 0 Å². The van der Waals surface area contributed by atoms with Crippen LogP contribution in [0.25, 0.3) is 0 Å². The van der Waals surface area contributed by atoms with Crippen LogP contribution in [0.3, 0.4) is 0 Å². The summed E-state index contributed by atoms with van der Waals surface area (Å²) in [6, 6.07) is 14.1. The van der Waals surface area contributed by atoms with E-state index in [1.807, 2.05) is 44.4 Å². The van der Waals surface area contributed by atoms with Gasteiger partial charge in [0, 0.05) is 31.2 Å². The van der Waals surface area contributed by atoms with Gasteiger partial charge in [0.15, 0.2) is 0 Å². The molecular weight excluding hydrogens is 370 g/mol. The highest BCUT2D eigenvalue weighted by atomic mass is 79.9. The van der Waals surface area contributed by atoms with Crippen molar-refractivity contribution in [3.63, 3.8) is 0 Å². The molecule has 0 spiro atoms. The summed E-state index contributed by atoms with van der Waals surface area (Å²) in [7, 11) is 4.03. The topological polar surface area (TPSA) is 12.5 Å². The van der Waals surface area contributed by atoms with Crippen LogP contribution in [0.2, 0.25) is 0 Å². The highest BCUT2D eigenvalue weighted by Gasteiger charge is 2.05. The summed E-state index contributed by atoms with van der Waals surface area (Å²) in [6.07, 6.45) is 0. The molecule has 0 amide bonds. The third-order valence-electron chi connectivity index (χ3n) is 2.71. The number of hydrogen-bond acceptors (Lipinski definition) is 2. The molecule has 0 N–H and O–H groups in total. The van der Waals surface area contributed by atoms with Gasteiger partial charge >= 0.3 is 0 Å². The molecule has 0 saturated carbocycles. The van der Waals surface area contributed by atoms with Gasteiger partial charge in [-0.2, -0.15) is 0 Å². The number of ether oxygens (including phenoxy) is 1. The first-order valence-corrected chi connectivity index (χ1v) is 7.81. The Balaban J connectivity index is 2.23. The number of nitrogens with zero attached hydrogens (tertiary/aromatic N) is 1.